The van der Waals surface area contributed by atoms with E-state index in [1.54, 1.807) is 0 Å². The maximum Gasteiger partial charge on any atom is 0.365 e. The van der Waals surface area contributed by atoms with Crippen LogP contribution < -0.4 is 11.2 Å². The lowest BCUT2D eigenvalue weighted by atomic mass is 10.1. The first kappa shape index (κ1) is 22.4. The van der Waals surface area contributed by atoms with Gasteiger partial charge in [-0.3, -0.25) is 18.5 Å². The van der Waals surface area contributed by atoms with Crippen molar-refractivity contribution in [2.24, 2.45) is 7.05 Å². The first-order valence-corrected chi connectivity index (χ1v) is 9.80. The van der Waals surface area contributed by atoms with E-state index in [2.05, 4.69) is 4.74 Å². The van der Waals surface area contributed by atoms with E-state index in [9.17, 15) is 38.9 Å². The molecule has 4 N–H and O–H groups in total. The van der Waals surface area contributed by atoms with Crippen LogP contribution in [0.3, 0.4) is 0 Å². The van der Waals surface area contributed by atoms with Gasteiger partial charge in [0.2, 0.25) is 0 Å². The fraction of sp³-hybridized carbons (Fsp3) is 0.643. The molecule has 0 aliphatic carbocycles. The molecule has 0 aromatic carbocycles. The van der Waals surface area contributed by atoms with E-state index in [1.807, 2.05) is 0 Å². The summed E-state index contributed by atoms with van der Waals surface area (Å²) in [5, 5.41) is 20.3. The molecule has 1 saturated heterocycles. The summed E-state index contributed by atoms with van der Waals surface area (Å²) in [6.45, 7) is 0.603. The largest absolute Gasteiger partial charge is 0.464 e. The molecule has 5 atom stereocenters. The molecule has 1 aromatic heterocycles. The Morgan fingerprint density at radius 3 is 2.54 bits per heavy atom. The topological polar surface area (TPSA) is 187 Å². The second-order valence-electron chi connectivity index (χ2n) is 5.98. The predicted octanol–water partition coefficient (Wildman–Crippen LogP) is -2.75. The highest BCUT2D eigenvalue weighted by molar-refractivity contribution is 7.53. The van der Waals surface area contributed by atoms with E-state index < -0.39 is 61.8 Å². The molecule has 1 aliphatic heterocycles. The van der Waals surface area contributed by atoms with Crippen molar-refractivity contribution < 1.29 is 43.6 Å². The maximum atomic E-state index is 12.2. The fourth-order valence-corrected chi connectivity index (χ4v) is 3.21. The van der Waals surface area contributed by atoms with Gasteiger partial charge in [-0.1, -0.05) is 0 Å². The summed E-state index contributed by atoms with van der Waals surface area (Å²) in [7, 11) is -3.82. The molecule has 0 radical (unpaired) electrons. The average molecular weight is 424 g/mol. The van der Waals surface area contributed by atoms with E-state index in [1.165, 1.54) is 14.0 Å². The molecule has 0 unspecified atom stereocenters. The van der Waals surface area contributed by atoms with Crippen LogP contribution in [0.15, 0.2) is 21.9 Å². The lowest BCUT2D eigenvalue weighted by molar-refractivity contribution is -0.155. The number of esters is 1. The van der Waals surface area contributed by atoms with E-state index in [0.29, 0.717) is 0 Å². The summed E-state index contributed by atoms with van der Waals surface area (Å²) in [4.78, 5) is 53.8. The second-order valence-corrected chi connectivity index (χ2v) is 7.62. The van der Waals surface area contributed by atoms with Crippen molar-refractivity contribution in [3.63, 3.8) is 0 Å². The molecule has 1 aromatic rings. The molecular weight excluding hydrogens is 403 g/mol. The lowest BCUT2D eigenvalue weighted by Gasteiger charge is -2.21. The lowest BCUT2D eigenvalue weighted by Crippen LogP contribution is -2.41. The molecule has 14 heteroatoms. The number of aliphatic hydroxyl groups is 2. The first-order valence-electron chi connectivity index (χ1n) is 8.12. The smallest absolute Gasteiger partial charge is 0.365 e. The normalized spacial score (nSPS) is 26.2. The van der Waals surface area contributed by atoms with E-state index in [0.717, 1.165) is 21.4 Å². The summed E-state index contributed by atoms with van der Waals surface area (Å²) in [6, 6.07) is 1.05. The number of carbonyl (C=O) groups excluding carboxylic acids is 1. The minimum atomic E-state index is -5.04. The van der Waals surface area contributed by atoms with Crippen molar-refractivity contribution in [1.82, 2.24) is 9.13 Å². The number of aliphatic hydroxyl groups excluding tert-OH is 2. The van der Waals surface area contributed by atoms with Gasteiger partial charge in [-0.2, -0.15) is 0 Å². The molecule has 158 valence electrons. The third-order valence-corrected chi connectivity index (χ3v) is 5.01. The Hall–Kier alpha value is -1.86. The summed E-state index contributed by atoms with van der Waals surface area (Å²) in [5.74, 6) is -3.53. The number of hydrogen-bond acceptors (Lipinski definition) is 9. The third kappa shape index (κ3) is 4.58. The number of hydrogen-bond donors (Lipinski definition) is 4. The number of carbonyl (C=O) groups is 1. The molecule has 13 nitrogen and oxygen atoms in total. The van der Waals surface area contributed by atoms with Crippen molar-refractivity contribution in [2.45, 2.75) is 37.3 Å². The van der Waals surface area contributed by atoms with Crippen LogP contribution in [0.1, 0.15) is 13.2 Å². The maximum absolute atomic E-state index is 12.2. The predicted molar refractivity (Wildman–Crippen MR) is 90.3 cm³/mol. The van der Waals surface area contributed by atoms with E-state index in [-0.39, 0.29) is 6.61 Å². The van der Waals surface area contributed by atoms with Crippen LogP contribution in [0.4, 0.5) is 0 Å². The van der Waals surface area contributed by atoms with Crippen LogP contribution in [0.2, 0.25) is 0 Å². The van der Waals surface area contributed by atoms with Gasteiger partial charge in [0.25, 0.3) is 11.4 Å². The number of ether oxygens (including phenoxy) is 3. The highest BCUT2D eigenvalue weighted by Gasteiger charge is 2.46. The molecular formula is C14H21N2O11P. The summed E-state index contributed by atoms with van der Waals surface area (Å²) < 4.78 is 27.9. The number of aromatic nitrogens is 2. The molecule has 28 heavy (non-hydrogen) atoms. The Labute approximate surface area is 157 Å². The molecule has 0 amide bonds. The molecule has 0 saturated carbocycles. The van der Waals surface area contributed by atoms with Gasteiger partial charge in [0.05, 0.1) is 13.2 Å². The highest BCUT2D eigenvalue weighted by Crippen LogP contribution is 2.43. The summed E-state index contributed by atoms with van der Waals surface area (Å²) >= 11 is 0. The van der Waals surface area contributed by atoms with Gasteiger partial charge in [-0.05, 0) is 6.92 Å². The van der Waals surface area contributed by atoms with Gasteiger partial charge < -0.3 is 34.2 Å². The fourth-order valence-electron chi connectivity index (χ4n) is 2.58. The van der Waals surface area contributed by atoms with Crippen molar-refractivity contribution in [1.29, 1.82) is 0 Å². The van der Waals surface area contributed by atoms with Crippen LogP contribution >= 0.6 is 7.60 Å². The highest BCUT2D eigenvalue weighted by atomic mass is 31.2. The monoisotopic (exact) mass is 424 g/mol. The van der Waals surface area contributed by atoms with Crippen LogP contribution in [0, 0.1) is 0 Å². The molecule has 2 rings (SSSR count). The zero-order valence-electron chi connectivity index (χ0n) is 14.9. The average Bonchev–Trinajstić information content (AvgIpc) is 2.88. The molecule has 2 heterocycles. The van der Waals surface area contributed by atoms with Gasteiger partial charge in [0.15, 0.2) is 6.23 Å². The Morgan fingerprint density at radius 1 is 1.32 bits per heavy atom. The van der Waals surface area contributed by atoms with Crippen molar-refractivity contribution in [2.75, 3.05) is 13.2 Å². The quantitative estimate of drug-likeness (QED) is 0.262. The van der Waals surface area contributed by atoms with Gasteiger partial charge in [0, 0.05) is 19.3 Å². The van der Waals surface area contributed by atoms with Crippen LogP contribution in [0.25, 0.3) is 0 Å². The Morgan fingerprint density at radius 2 is 1.96 bits per heavy atom. The SMILES string of the molecule is CCOC(=O)[C@@H](OC[C@H]1O[C@@H](n2ccc(=O)n(C)c2=O)[C@H](O)[C@@H]1O)P(=O)(O)O. The van der Waals surface area contributed by atoms with Crippen molar-refractivity contribution in [3.05, 3.63) is 33.1 Å². The number of nitrogens with zero attached hydrogens (tertiary/aromatic N) is 2. The minimum absolute atomic E-state index is 0.141. The molecule has 1 fully saturated rings. The zero-order valence-corrected chi connectivity index (χ0v) is 15.8. The standard InChI is InChI=1S/C14H21N2O11P/c1-3-25-12(20)13(28(22,23)24)26-6-7-9(18)10(19)11(27-7)16-5-4-8(17)15(2)14(16)21/h4-5,7,9-11,13,18-19H,3,6H2,1-2H3,(H2,22,23,24)/t7-,9-,10-,11-,13+/m1/s1. The van der Waals surface area contributed by atoms with Gasteiger partial charge in [-0.25, -0.2) is 9.59 Å². The Balaban J connectivity index is 2.17. The zero-order chi connectivity index (χ0) is 21.2. The molecule has 1 aliphatic rings. The Bertz CT molecular complexity index is 875. The molecule has 0 bridgehead atoms. The first-order chi connectivity index (χ1) is 13.0. The van der Waals surface area contributed by atoms with E-state index >= 15 is 0 Å². The third-order valence-electron chi connectivity index (χ3n) is 4.04. The van der Waals surface area contributed by atoms with Gasteiger partial charge in [-0.15, -0.1) is 0 Å². The van der Waals surface area contributed by atoms with Crippen LogP contribution in [0.5, 0.6) is 0 Å². The minimum Gasteiger partial charge on any atom is -0.464 e. The van der Waals surface area contributed by atoms with E-state index in [4.69, 9.17) is 9.47 Å². The summed E-state index contributed by atoms with van der Waals surface area (Å²) in [5.41, 5.74) is -1.40. The van der Waals surface area contributed by atoms with Gasteiger partial charge in [0.1, 0.15) is 18.3 Å². The van der Waals surface area contributed by atoms with Crippen LogP contribution in [-0.2, 0) is 30.6 Å². The second kappa shape index (κ2) is 8.66. The summed E-state index contributed by atoms with van der Waals surface area (Å²) in [6.07, 6.45) is -4.86. The van der Waals surface area contributed by atoms with Crippen molar-refractivity contribution in [3.8, 4) is 0 Å². The van der Waals surface area contributed by atoms with Gasteiger partial charge >= 0.3 is 19.3 Å². The number of rotatable bonds is 7. The van der Waals surface area contributed by atoms with Crippen molar-refractivity contribution >= 4 is 13.6 Å². The van der Waals surface area contributed by atoms with Crippen LogP contribution in [-0.4, -0.2) is 72.5 Å². The Kier molecular flexibility index (Phi) is 6.93. The molecule has 0 spiro atoms.